The maximum absolute atomic E-state index is 12.2. The average Bonchev–Trinajstić information content (AvgIpc) is 2.83. The second kappa shape index (κ2) is 6.94. The molecule has 1 amide bonds. The topological polar surface area (TPSA) is 89.3 Å². The first-order valence-electron chi connectivity index (χ1n) is 6.68. The van der Waals surface area contributed by atoms with Crippen molar-refractivity contribution < 1.29 is 9.53 Å². The number of nitrogens with two attached hydrogens (primary N) is 1. The summed E-state index contributed by atoms with van der Waals surface area (Å²) in [5.74, 6) is 0.736. The van der Waals surface area contributed by atoms with Crippen molar-refractivity contribution >= 4 is 33.9 Å². The van der Waals surface area contributed by atoms with E-state index in [1.165, 1.54) is 11.3 Å². The molecular weight excluding hydrogens is 288 g/mol. The van der Waals surface area contributed by atoms with Gasteiger partial charge in [0.05, 0.1) is 6.61 Å². The van der Waals surface area contributed by atoms with Gasteiger partial charge in [-0.25, -0.2) is 4.98 Å². The number of anilines is 3. The Labute approximate surface area is 127 Å². The van der Waals surface area contributed by atoms with Gasteiger partial charge in [-0.2, -0.15) is 0 Å². The fourth-order valence-corrected chi connectivity index (χ4v) is 2.56. The standard InChI is InChI=1S/C14H18N4O2S/c1-3-16-14-18-12(15)11(21-14)13(19)17-9-5-7-10(8-6-9)20-4-2/h5-8H,3-4,15H2,1-2H3,(H,16,18)(H,17,19). The summed E-state index contributed by atoms with van der Waals surface area (Å²) in [7, 11) is 0. The van der Waals surface area contributed by atoms with E-state index >= 15 is 0 Å². The fourth-order valence-electron chi connectivity index (χ4n) is 1.71. The Kier molecular flexibility index (Phi) is 4.99. The Morgan fingerprint density at radius 1 is 1.33 bits per heavy atom. The second-order valence-electron chi connectivity index (χ2n) is 4.18. The molecule has 0 saturated carbocycles. The third-order valence-corrected chi connectivity index (χ3v) is 3.64. The van der Waals surface area contributed by atoms with Gasteiger partial charge in [-0.1, -0.05) is 11.3 Å². The molecular formula is C14H18N4O2S. The molecule has 0 fully saturated rings. The Bertz CT molecular complexity index is 610. The van der Waals surface area contributed by atoms with E-state index in [4.69, 9.17) is 10.5 Å². The Morgan fingerprint density at radius 2 is 2.05 bits per heavy atom. The molecule has 0 spiro atoms. The van der Waals surface area contributed by atoms with E-state index < -0.39 is 0 Å². The van der Waals surface area contributed by atoms with Crippen LogP contribution in [0.3, 0.4) is 0 Å². The van der Waals surface area contributed by atoms with Crippen LogP contribution in [-0.2, 0) is 0 Å². The number of nitrogen functional groups attached to an aromatic ring is 1. The van der Waals surface area contributed by atoms with Crippen LogP contribution in [0.25, 0.3) is 0 Å². The smallest absolute Gasteiger partial charge is 0.269 e. The average molecular weight is 306 g/mol. The van der Waals surface area contributed by atoms with Gasteiger partial charge in [-0.3, -0.25) is 4.79 Å². The van der Waals surface area contributed by atoms with Crippen LogP contribution in [0.4, 0.5) is 16.6 Å². The number of ether oxygens (including phenoxy) is 1. The minimum Gasteiger partial charge on any atom is -0.494 e. The normalized spacial score (nSPS) is 10.2. The lowest BCUT2D eigenvalue weighted by atomic mass is 10.3. The number of aromatic nitrogens is 1. The summed E-state index contributed by atoms with van der Waals surface area (Å²) < 4.78 is 5.35. The van der Waals surface area contributed by atoms with Crippen molar-refractivity contribution in [3.63, 3.8) is 0 Å². The molecule has 1 aromatic heterocycles. The van der Waals surface area contributed by atoms with Crippen LogP contribution in [-0.4, -0.2) is 24.0 Å². The molecule has 0 aliphatic heterocycles. The molecule has 6 nitrogen and oxygen atoms in total. The van der Waals surface area contributed by atoms with Gasteiger partial charge >= 0.3 is 0 Å². The summed E-state index contributed by atoms with van der Waals surface area (Å²) in [5.41, 5.74) is 6.45. The second-order valence-corrected chi connectivity index (χ2v) is 5.17. The molecule has 0 atom stereocenters. The highest BCUT2D eigenvalue weighted by atomic mass is 32.1. The molecule has 0 aliphatic carbocycles. The SMILES string of the molecule is CCNc1nc(N)c(C(=O)Nc2ccc(OCC)cc2)s1. The number of amides is 1. The van der Waals surface area contributed by atoms with Crippen molar-refractivity contribution in [2.45, 2.75) is 13.8 Å². The van der Waals surface area contributed by atoms with E-state index in [9.17, 15) is 4.79 Å². The van der Waals surface area contributed by atoms with Gasteiger partial charge in [0.1, 0.15) is 16.4 Å². The summed E-state index contributed by atoms with van der Waals surface area (Å²) in [6, 6.07) is 7.18. The van der Waals surface area contributed by atoms with Crippen LogP contribution in [0.2, 0.25) is 0 Å². The van der Waals surface area contributed by atoms with E-state index in [0.29, 0.717) is 22.3 Å². The quantitative estimate of drug-likeness (QED) is 0.763. The Balaban J connectivity index is 2.06. The van der Waals surface area contributed by atoms with E-state index in [1.54, 1.807) is 24.3 Å². The zero-order chi connectivity index (χ0) is 15.2. The van der Waals surface area contributed by atoms with Gasteiger partial charge < -0.3 is 21.1 Å². The van der Waals surface area contributed by atoms with Crippen molar-refractivity contribution in [1.82, 2.24) is 4.98 Å². The lowest BCUT2D eigenvalue weighted by molar-refractivity contribution is 0.103. The number of nitrogens with one attached hydrogen (secondary N) is 2. The fraction of sp³-hybridized carbons (Fsp3) is 0.286. The summed E-state index contributed by atoms with van der Waals surface area (Å²) in [4.78, 5) is 16.7. The van der Waals surface area contributed by atoms with Gasteiger partial charge in [-0.05, 0) is 38.1 Å². The molecule has 0 aliphatic rings. The highest BCUT2D eigenvalue weighted by Gasteiger charge is 2.16. The van der Waals surface area contributed by atoms with E-state index in [-0.39, 0.29) is 11.7 Å². The van der Waals surface area contributed by atoms with Gasteiger partial charge in [0.2, 0.25) is 0 Å². The van der Waals surface area contributed by atoms with E-state index in [2.05, 4.69) is 15.6 Å². The number of benzene rings is 1. The zero-order valence-electron chi connectivity index (χ0n) is 12.0. The number of carbonyl (C=O) groups excluding carboxylic acids is 1. The lowest BCUT2D eigenvalue weighted by Gasteiger charge is -2.06. The number of carbonyl (C=O) groups is 1. The molecule has 112 valence electrons. The van der Waals surface area contributed by atoms with Crippen LogP contribution in [0.15, 0.2) is 24.3 Å². The minimum atomic E-state index is -0.265. The van der Waals surface area contributed by atoms with Crippen LogP contribution in [0.1, 0.15) is 23.5 Å². The highest BCUT2D eigenvalue weighted by Crippen LogP contribution is 2.26. The summed E-state index contributed by atoms with van der Waals surface area (Å²) in [6.07, 6.45) is 0. The Hall–Kier alpha value is -2.28. The number of rotatable bonds is 6. The molecule has 2 aromatic rings. The molecule has 1 aromatic carbocycles. The number of nitrogens with zero attached hydrogens (tertiary/aromatic N) is 1. The summed E-state index contributed by atoms with van der Waals surface area (Å²) >= 11 is 1.24. The van der Waals surface area contributed by atoms with Gasteiger partial charge in [0, 0.05) is 12.2 Å². The summed E-state index contributed by atoms with van der Waals surface area (Å²) in [5, 5.41) is 6.48. The number of thiazole rings is 1. The van der Waals surface area contributed by atoms with E-state index in [1.807, 2.05) is 13.8 Å². The van der Waals surface area contributed by atoms with Crippen molar-refractivity contribution in [2.24, 2.45) is 0 Å². The number of hydrogen-bond acceptors (Lipinski definition) is 6. The first kappa shape index (κ1) is 15.1. The monoisotopic (exact) mass is 306 g/mol. The molecule has 1 heterocycles. The maximum atomic E-state index is 12.2. The Morgan fingerprint density at radius 3 is 2.67 bits per heavy atom. The van der Waals surface area contributed by atoms with Crippen molar-refractivity contribution in [3.05, 3.63) is 29.1 Å². The third kappa shape index (κ3) is 3.85. The van der Waals surface area contributed by atoms with Crippen molar-refractivity contribution in [3.8, 4) is 5.75 Å². The van der Waals surface area contributed by atoms with Gasteiger partial charge in [0.15, 0.2) is 5.13 Å². The molecule has 0 radical (unpaired) electrons. The summed E-state index contributed by atoms with van der Waals surface area (Å²) in [6.45, 7) is 5.21. The predicted molar refractivity (Wildman–Crippen MR) is 86.3 cm³/mol. The molecule has 2 rings (SSSR count). The van der Waals surface area contributed by atoms with E-state index in [0.717, 1.165) is 12.3 Å². The lowest BCUT2D eigenvalue weighted by Crippen LogP contribution is -2.12. The molecule has 4 N–H and O–H groups in total. The highest BCUT2D eigenvalue weighted by molar-refractivity contribution is 7.18. The van der Waals surface area contributed by atoms with Crippen LogP contribution in [0.5, 0.6) is 5.75 Å². The maximum Gasteiger partial charge on any atom is 0.269 e. The van der Waals surface area contributed by atoms with Crippen molar-refractivity contribution in [2.75, 3.05) is 29.5 Å². The largest absolute Gasteiger partial charge is 0.494 e. The predicted octanol–water partition coefficient (Wildman–Crippen LogP) is 2.81. The molecule has 0 saturated heterocycles. The van der Waals surface area contributed by atoms with Crippen molar-refractivity contribution in [1.29, 1.82) is 0 Å². The molecule has 0 bridgehead atoms. The zero-order valence-corrected chi connectivity index (χ0v) is 12.8. The van der Waals surface area contributed by atoms with Gasteiger partial charge in [0.25, 0.3) is 5.91 Å². The first-order chi connectivity index (χ1) is 10.1. The first-order valence-corrected chi connectivity index (χ1v) is 7.50. The molecule has 7 heteroatoms. The third-order valence-electron chi connectivity index (χ3n) is 2.61. The minimum absolute atomic E-state index is 0.236. The van der Waals surface area contributed by atoms with Crippen LogP contribution >= 0.6 is 11.3 Å². The van der Waals surface area contributed by atoms with Gasteiger partial charge in [-0.15, -0.1) is 0 Å². The molecule has 21 heavy (non-hydrogen) atoms. The van der Waals surface area contributed by atoms with Crippen LogP contribution in [0, 0.1) is 0 Å². The van der Waals surface area contributed by atoms with Crippen LogP contribution < -0.4 is 21.1 Å². The molecule has 0 unspecified atom stereocenters. The number of hydrogen-bond donors (Lipinski definition) is 3.